The molecule has 1 N–H and O–H groups in total. The molecule has 0 aliphatic rings. The Morgan fingerprint density at radius 2 is 1.94 bits per heavy atom. The number of aliphatic hydroxyl groups is 1. The van der Waals surface area contributed by atoms with E-state index in [9.17, 15) is 5.11 Å². The maximum Gasteiger partial charge on any atom is 0.0916 e. The maximum absolute atomic E-state index is 10.1. The van der Waals surface area contributed by atoms with Gasteiger partial charge in [-0.05, 0) is 25.3 Å². The molecule has 0 aromatic heterocycles. The fraction of sp³-hybridized carbons (Fsp3) is 0.571. The van der Waals surface area contributed by atoms with Crippen molar-refractivity contribution >= 4 is 11.8 Å². The van der Waals surface area contributed by atoms with Gasteiger partial charge in [0.15, 0.2) is 0 Å². The van der Waals surface area contributed by atoms with E-state index in [0.717, 1.165) is 17.1 Å². The molecule has 0 bridgehead atoms. The van der Waals surface area contributed by atoms with Crippen LogP contribution in [0.4, 0.5) is 0 Å². The van der Waals surface area contributed by atoms with Gasteiger partial charge in [0.05, 0.1) is 6.10 Å². The molecule has 0 fully saturated rings. The van der Waals surface area contributed by atoms with Crippen LogP contribution in [0.15, 0.2) is 30.3 Å². The average Bonchev–Trinajstić information content (AvgIpc) is 2.36. The monoisotopic (exact) mass is 253 g/mol. The Hall–Kier alpha value is -0.510. The van der Waals surface area contributed by atoms with Crippen LogP contribution in [0.2, 0.25) is 0 Å². The van der Waals surface area contributed by atoms with Crippen LogP contribution in [0, 0.1) is 0 Å². The minimum absolute atomic E-state index is 0.393. The molecule has 0 saturated heterocycles. The molecule has 0 aliphatic heterocycles. The van der Waals surface area contributed by atoms with Gasteiger partial charge in [-0.25, -0.2) is 0 Å². The third-order valence-electron chi connectivity index (χ3n) is 2.96. The molecule has 3 heteroatoms. The summed E-state index contributed by atoms with van der Waals surface area (Å²) in [7, 11) is 2.08. The molecule has 1 aromatic rings. The maximum atomic E-state index is 10.1. The first-order valence-electron chi connectivity index (χ1n) is 6.16. The number of likely N-dealkylation sites (N-methyl/N-ethyl adjacent to an activating group) is 1. The SMILES string of the molecule is CCSCC(C)N(C)CC(O)c1ccccc1. The average molecular weight is 253 g/mol. The van der Waals surface area contributed by atoms with Crippen LogP contribution < -0.4 is 0 Å². The Labute approximate surface area is 109 Å². The van der Waals surface area contributed by atoms with E-state index in [0.29, 0.717) is 12.6 Å². The zero-order chi connectivity index (χ0) is 12.7. The second kappa shape index (κ2) is 7.75. The molecule has 0 heterocycles. The van der Waals surface area contributed by atoms with Gasteiger partial charge in [0, 0.05) is 18.3 Å². The Morgan fingerprint density at radius 1 is 1.29 bits per heavy atom. The van der Waals surface area contributed by atoms with E-state index in [2.05, 4.69) is 25.8 Å². The highest BCUT2D eigenvalue weighted by atomic mass is 32.2. The van der Waals surface area contributed by atoms with Crippen molar-refractivity contribution in [3.8, 4) is 0 Å². The number of thioether (sulfide) groups is 1. The van der Waals surface area contributed by atoms with Gasteiger partial charge in [0.25, 0.3) is 0 Å². The molecule has 0 aliphatic carbocycles. The summed E-state index contributed by atoms with van der Waals surface area (Å²) in [5, 5.41) is 10.1. The van der Waals surface area contributed by atoms with Gasteiger partial charge < -0.3 is 5.11 Å². The van der Waals surface area contributed by atoms with Gasteiger partial charge in [-0.1, -0.05) is 37.3 Å². The lowest BCUT2D eigenvalue weighted by Crippen LogP contribution is -2.34. The van der Waals surface area contributed by atoms with Crippen LogP contribution >= 0.6 is 11.8 Å². The highest BCUT2D eigenvalue weighted by Crippen LogP contribution is 2.15. The molecular formula is C14H23NOS. The topological polar surface area (TPSA) is 23.5 Å². The molecule has 1 rings (SSSR count). The largest absolute Gasteiger partial charge is 0.387 e. The Balaban J connectivity index is 2.42. The van der Waals surface area contributed by atoms with Gasteiger partial charge in [-0.2, -0.15) is 11.8 Å². The van der Waals surface area contributed by atoms with E-state index in [1.165, 1.54) is 0 Å². The summed E-state index contributed by atoms with van der Waals surface area (Å²) >= 11 is 1.94. The van der Waals surface area contributed by atoms with Crippen molar-refractivity contribution in [3.63, 3.8) is 0 Å². The van der Waals surface area contributed by atoms with Crippen molar-refractivity contribution < 1.29 is 5.11 Å². The van der Waals surface area contributed by atoms with Crippen molar-refractivity contribution in [2.75, 3.05) is 25.1 Å². The van der Waals surface area contributed by atoms with E-state index >= 15 is 0 Å². The van der Waals surface area contributed by atoms with E-state index in [1.807, 2.05) is 42.1 Å². The van der Waals surface area contributed by atoms with E-state index in [1.54, 1.807) is 0 Å². The highest BCUT2D eigenvalue weighted by molar-refractivity contribution is 7.99. The van der Waals surface area contributed by atoms with Crippen LogP contribution in [-0.4, -0.2) is 41.1 Å². The normalized spacial score (nSPS) is 14.9. The zero-order valence-corrected chi connectivity index (χ0v) is 11.8. The molecular weight excluding hydrogens is 230 g/mol. The smallest absolute Gasteiger partial charge is 0.0916 e. The van der Waals surface area contributed by atoms with Crippen molar-refractivity contribution in [1.29, 1.82) is 0 Å². The summed E-state index contributed by atoms with van der Waals surface area (Å²) in [6.45, 7) is 5.08. The summed E-state index contributed by atoms with van der Waals surface area (Å²) < 4.78 is 0. The highest BCUT2D eigenvalue weighted by Gasteiger charge is 2.14. The number of hydrogen-bond acceptors (Lipinski definition) is 3. The van der Waals surface area contributed by atoms with E-state index in [4.69, 9.17) is 0 Å². The van der Waals surface area contributed by atoms with Crippen molar-refractivity contribution in [3.05, 3.63) is 35.9 Å². The van der Waals surface area contributed by atoms with Crippen molar-refractivity contribution in [2.45, 2.75) is 26.0 Å². The standard InChI is InChI=1S/C14H23NOS/c1-4-17-11-12(2)15(3)10-14(16)13-8-6-5-7-9-13/h5-9,12,14,16H,4,10-11H2,1-3H3. The predicted molar refractivity (Wildman–Crippen MR) is 76.5 cm³/mol. The molecule has 0 amide bonds. The van der Waals surface area contributed by atoms with E-state index < -0.39 is 6.10 Å². The molecule has 2 atom stereocenters. The number of benzene rings is 1. The van der Waals surface area contributed by atoms with E-state index in [-0.39, 0.29) is 0 Å². The summed E-state index contributed by atoms with van der Waals surface area (Å²) in [6, 6.07) is 10.4. The van der Waals surface area contributed by atoms with Crippen LogP contribution in [0.3, 0.4) is 0 Å². The molecule has 2 nitrogen and oxygen atoms in total. The quantitative estimate of drug-likeness (QED) is 0.808. The number of nitrogens with zero attached hydrogens (tertiary/aromatic N) is 1. The van der Waals surface area contributed by atoms with Crippen LogP contribution in [-0.2, 0) is 0 Å². The Morgan fingerprint density at radius 3 is 2.53 bits per heavy atom. The predicted octanol–water partition coefficient (Wildman–Crippen LogP) is 2.79. The molecule has 0 radical (unpaired) electrons. The van der Waals surface area contributed by atoms with Crippen molar-refractivity contribution in [2.24, 2.45) is 0 Å². The zero-order valence-electron chi connectivity index (χ0n) is 11.0. The molecule has 0 spiro atoms. The van der Waals surface area contributed by atoms with Gasteiger partial charge in [0.1, 0.15) is 0 Å². The summed E-state index contributed by atoms with van der Waals surface area (Å²) in [6.07, 6.45) is -0.393. The molecule has 0 saturated carbocycles. The van der Waals surface area contributed by atoms with Crippen LogP contribution in [0.1, 0.15) is 25.5 Å². The number of aliphatic hydroxyl groups excluding tert-OH is 1. The summed E-state index contributed by atoms with van der Waals surface area (Å²) in [5.74, 6) is 2.27. The second-order valence-electron chi connectivity index (χ2n) is 4.37. The van der Waals surface area contributed by atoms with Gasteiger partial charge in [0.2, 0.25) is 0 Å². The van der Waals surface area contributed by atoms with Gasteiger partial charge >= 0.3 is 0 Å². The van der Waals surface area contributed by atoms with Gasteiger partial charge in [-0.15, -0.1) is 0 Å². The molecule has 2 unspecified atom stereocenters. The number of rotatable bonds is 7. The lowest BCUT2D eigenvalue weighted by molar-refractivity contribution is 0.113. The third-order valence-corrected chi connectivity index (χ3v) is 4.09. The molecule has 1 aromatic carbocycles. The third kappa shape index (κ3) is 5.11. The minimum Gasteiger partial charge on any atom is -0.387 e. The summed E-state index contributed by atoms with van der Waals surface area (Å²) in [4.78, 5) is 2.22. The summed E-state index contributed by atoms with van der Waals surface area (Å²) in [5.41, 5.74) is 0.995. The fourth-order valence-corrected chi connectivity index (χ4v) is 2.48. The van der Waals surface area contributed by atoms with Crippen LogP contribution in [0.25, 0.3) is 0 Å². The first-order valence-corrected chi connectivity index (χ1v) is 7.31. The van der Waals surface area contributed by atoms with Gasteiger partial charge in [-0.3, -0.25) is 4.90 Å². The molecule has 17 heavy (non-hydrogen) atoms. The first kappa shape index (κ1) is 14.6. The lowest BCUT2D eigenvalue weighted by atomic mass is 10.1. The lowest BCUT2D eigenvalue weighted by Gasteiger charge is -2.26. The van der Waals surface area contributed by atoms with Crippen LogP contribution in [0.5, 0.6) is 0 Å². The Bertz CT molecular complexity index is 304. The Kier molecular flexibility index (Phi) is 6.63. The second-order valence-corrected chi connectivity index (χ2v) is 5.69. The van der Waals surface area contributed by atoms with Crippen molar-refractivity contribution in [1.82, 2.24) is 4.90 Å². The number of hydrogen-bond donors (Lipinski definition) is 1. The minimum atomic E-state index is -0.393. The fourth-order valence-electron chi connectivity index (χ4n) is 1.65. The first-order chi connectivity index (χ1) is 8.15. The molecule has 96 valence electrons.